The molecule has 28 heavy (non-hydrogen) atoms. The second kappa shape index (κ2) is 7.56. The maximum absolute atomic E-state index is 13.1. The SMILES string of the molecule is COc1ccc(CN2C[C@H]3CCN(C(=O)c4ccn[nH]4)CC[C@H]3S2(=O)=O)cc1. The van der Waals surface area contributed by atoms with Crippen LogP contribution in [0.25, 0.3) is 0 Å². The van der Waals surface area contributed by atoms with Gasteiger partial charge in [-0.2, -0.15) is 9.40 Å². The average Bonchev–Trinajstić information content (AvgIpc) is 3.24. The molecule has 1 aromatic carbocycles. The number of carbonyl (C=O) groups is 1. The zero-order valence-corrected chi connectivity index (χ0v) is 16.6. The first-order valence-electron chi connectivity index (χ1n) is 9.39. The molecule has 150 valence electrons. The molecular weight excluding hydrogens is 380 g/mol. The Balaban J connectivity index is 1.44. The lowest BCUT2D eigenvalue weighted by atomic mass is 10.0. The number of rotatable bonds is 4. The summed E-state index contributed by atoms with van der Waals surface area (Å²) < 4.78 is 32.9. The van der Waals surface area contributed by atoms with E-state index < -0.39 is 15.3 Å². The number of H-pyrrole nitrogens is 1. The van der Waals surface area contributed by atoms with E-state index >= 15 is 0 Å². The monoisotopic (exact) mass is 404 g/mol. The van der Waals surface area contributed by atoms with E-state index in [-0.39, 0.29) is 11.8 Å². The number of carbonyl (C=O) groups excluding carboxylic acids is 1. The molecule has 0 aliphatic carbocycles. The van der Waals surface area contributed by atoms with Gasteiger partial charge in [-0.1, -0.05) is 12.1 Å². The molecule has 8 nitrogen and oxygen atoms in total. The molecule has 2 saturated heterocycles. The van der Waals surface area contributed by atoms with Crippen LogP contribution in [0.2, 0.25) is 0 Å². The Morgan fingerprint density at radius 2 is 1.96 bits per heavy atom. The fourth-order valence-electron chi connectivity index (χ4n) is 4.13. The van der Waals surface area contributed by atoms with Crippen molar-refractivity contribution >= 4 is 15.9 Å². The second-order valence-electron chi connectivity index (χ2n) is 7.32. The molecule has 1 aromatic heterocycles. The van der Waals surface area contributed by atoms with Crippen LogP contribution in [0, 0.1) is 5.92 Å². The van der Waals surface area contributed by atoms with E-state index in [4.69, 9.17) is 4.74 Å². The minimum atomic E-state index is -3.38. The number of amides is 1. The molecule has 1 amide bonds. The van der Waals surface area contributed by atoms with Gasteiger partial charge in [-0.25, -0.2) is 8.42 Å². The summed E-state index contributed by atoms with van der Waals surface area (Å²) in [6.07, 6.45) is 2.69. The lowest BCUT2D eigenvalue weighted by Crippen LogP contribution is -2.34. The first-order chi connectivity index (χ1) is 13.5. The van der Waals surface area contributed by atoms with E-state index in [2.05, 4.69) is 10.2 Å². The first-order valence-corrected chi connectivity index (χ1v) is 10.9. The second-order valence-corrected chi connectivity index (χ2v) is 9.48. The molecule has 2 fully saturated rings. The zero-order valence-electron chi connectivity index (χ0n) is 15.7. The predicted octanol–water partition coefficient (Wildman–Crippen LogP) is 1.48. The minimum absolute atomic E-state index is 0.0443. The molecule has 0 radical (unpaired) electrons. The van der Waals surface area contributed by atoms with Gasteiger partial charge < -0.3 is 9.64 Å². The van der Waals surface area contributed by atoms with Crippen LogP contribution in [-0.4, -0.2) is 65.7 Å². The molecule has 0 unspecified atom stereocenters. The molecule has 2 aliphatic rings. The number of nitrogens with zero attached hydrogens (tertiary/aromatic N) is 3. The van der Waals surface area contributed by atoms with Crippen LogP contribution < -0.4 is 4.74 Å². The van der Waals surface area contributed by atoms with Crippen LogP contribution in [0.3, 0.4) is 0 Å². The summed E-state index contributed by atoms with van der Waals surface area (Å²) in [6.45, 7) is 1.88. The molecule has 0 bridgehead atoms. The zero-order chi connectivity index (χ0) is 19.7. The lowest BCUT2D eigenvalue weighted by molar-refractivity contribution is 0.0753. The topological polar surface area (TPSA) is 95.6 Å². The Bertz CT molecular complexity index is 927. The first kappa shape index (κ1) is 18.9. The molecule has 1 N–H and O–H groups in total. The van der Waals surface area contributed by atoms with Crippen molar-refractivity contribution in [2.75, 3.05) is 26.7 Å². The van der Waals surface area contributed by atoms with Gasteiger partial charge in [0.15, 0.2) is 0 Å². The van der Waals surface area contributed by atoms with Crippen molar-refractivity contribution < 1.29 is 17.9 Å². The fraction of sp³-hybridized carbons (Fsp3) is 0.474. The number of hydrogen-bond acceptors (Lipinski definition) is 5. The van der Waals surface area contributed by atoms with Crippen LogP contribution in [0.1, 0.15) is 28.9 Å². The summed E-state index contributed by atoms with van der Waals surface area (Å²) in [6, 6.07) is 9.12. The van der Waals surface area contributed by atoms with Gasteiger partial charge in [0.25, 0.3) is 5.91 Å². The van der Waals surface area contributed by atoms with Crippen LogP contribution in [0.4, 0.5) is 0 Å². The fourth-order valence-corrected chi connectivity index (χ4v) is 6.36. The van der Waals surface area contributed by atoms with Gasteiger partial charge in [-0.05, 0) is 42.5 Å². The Hall–Kier alpha value is -2.39. The maximum atomic E-state index is 13.1. The number of fused-ring (bicyclic) bond motifs is 1. The molecule has 2 aliphatic heterocycles. The van der Waals surface area contributed by atoms with Gasteiger partial charge in [0.1, 0.15) is 11.4 Å². The van der Waals surface area contributed by atoms with Crippen molar-refractivity contribution in [3.8, 4) is 5.75 Å². The smallest absolute Gasteiger partial charge is 0.271 e. The van der Waals surface area contributed by atoms with Gasteiger partial charge >= 0.3 is 0 Å². The molecule has 2 atom stereocenters. The van der Waals surface area contributed by atoms with E-state index in [0.29, 0.717) is 44.7 Å². The third-order valence-electron chi connectivity index (χ3n) is 5.70. The largest absolute Gasteiger partial charge is 0.497 e. The van der Waals surface area contributed by atoms with Crippen LogP contribution in [0.5, 0.6) is 5.75 Å². The van der Waals surface area contributed by atoms with Crippen LogP contribution in [0.15, 0.2) is 36.5 Å². The molecule has 2 aromatic rings. The van der Waals surface area contributed by atoms with Crippen LogP contribution in [-0.2, 0) is 16.6 Å². The van der Waals surface area contributed by atoms with Crippen molar-refractivity contribution in [1.82, 2.24) is 19.4 Å². The third-order valence-corrected chi connectivity index (χ3v) is 8.08. The summed E-state index contributed by atoms with van der Waals surface area (Å²) in [5.74, 6) is 0.674. The van der Waals surface area contributed by atoms with Gasteiger partial charge in [0.05, 0.1) is 12.4 Å². The number of benzene rings is 1. The number of aromatic amines is 1. The Morgan fingerprint density at radius 1 is 1.21 bits per heavy atom. The quantitative estimate of drug-likeness (QED) is 0.833. The van der Waals surface area contributed by atoms with Crippen molar-refractivity contribution in [2.45, 2.75) is 24.6 Å². The van der Waals surface area contributed by atoms with Gasteiger partial charge in [-0.15, -0.1) is 0 Å². The number of sulfonamides is 1. The van der Waals surface area contributed by atoms with Crippen molar-refractivity contribution in [3.63, 3.8) is 0 Å². The highest BCUT2D eigenvalue weighted by atomic mass is 32.2. The summed E-state index contributed by atoms with van der Waals surface area (Å²) in [5, 5.41) is 6.08. The number of ether oxygens (including phenoxy) is 1. The maximum Gasteiger partial charge on any atom is 0.271 e. The highest BCUT2D eigenvalue weighted by Crippen LogP contribution is 2.35. The Kier molecular flexibility index (Phi) is 5.11. The highest BCUT2D eigenvalue weighted by molar-refractivity contribution is 7.90. The van der Waals surface area contributed by atoms with Crippen molar-refractivity contribution in [2.24, 2.45) is 5.92 Å². The van der Waals surface area contributed by atoms with E-state index in [0.717, 1.165) is 11.3 Å². The highest BCUT2D eigenvalue weighted by Gasteiger charge is 2.47. The van der Waals surface area contributed by atoms with Crippen molar-refractivity contribution in [1.29, 1.82) is 0 Å². The summed E-state index contributed by atoms with van der Waals surface area (Å²) in [7, 11) is -1.78. The van der Waals surface area contributed by atoms with Gasteiger partial charge in [-0.3, -0.25) is 9.89 Å². The normalized spacial score (nSPS) is 24.5. The number of likely N-dealkylation sites (tertiary alicyclic amines) is 1. The Labute approximate surface area is 164 Å². The van der Waals surface area contributed by atoms with E-state index in [1.165, 1.54) is 0 Å². The van der Waals surface area contributed by atoms with Crippen molar-refractivity contribution in [3.05, 3.63) is 47.8 Å². The molecule has 4 rings (SSSR count). The summed E-state index contributed by atoms with van der Waals surface area (Å²) in [4.78, 5) is 14.3. The number of methoxy groups -OCH3 is 1. The number of hydrogen-bond donors (Lipinski definition) is 1. The molecule has 0 saturated carbocycles. The average molecular weight is 404 g/mol. The predicted molar refractivity (Wildman–Crippen MR) is 103 cm³/mol. The van der Waals surface area contributed by atoms with Gasteiger partial charge in [0.2, 0.25) is 10.0 Å². The molecule has 3 heterocycles. The summed E-state index contributed by atoms with van der Waals surface area (Å²) in [5.41, 5.74) is 1.38. The van der Waals surface area contributed by atoms with Crippen LogP contribution >= 0.6 is 0 Å². The number of aromatic nitrogens is 2. The van der Waals surface area contributed by atoms with E-state index in [9.17, 15) is 13.2 Å². The Morgan fingerprint density at radius 3 is 2.64 bits per heavy atom. The molecular formula is C19H24N4O4S. The molecule has 9 heteroatoms. The standard InChI is InChI=1S/C19H24N4O4S/c1-27-16-4-2-14(3-5-16)12-23-13-15-7-10-22(11-8-18(15)28(23,25)26)19(24)17-6-9-20-21-17/h2-6,9,15,18H,7-8,10-13H2,1H3,(H,20,21)/t15-,18-/m1/s1. The van der Waals surface area contributed by atoms with E-state index in [1.807, 2.05) is 24.3 Å². The lowest BCUT2D eigenvalue weighted by Gasteiger charge is -2.21. The summed E-state index contributed by atoms with van der Waals surface area (Å²) >= 11 is 0. The minimum Gasteiger partial charge on any atom is -0.497 e. The van der Waals surface area contributed by atoms with Gasteiger partial charge in [0, 0.05) is 32.4 Å². The third kappa shape index (κ3) is 3.51. The molecule has 0 spiro atoms. The van der Waals surface area contributed by atoms with E-state index in [1.54, 1.807) is 28.6 Å². The number of nitrogens with one attached hydrogen (secondary N) is 1.